The number of nitriles is 1. The van der Waals surface area contributed by atoms with Crippen molar-refractivity contribution in [2.24, 2.45) is 0 Å². The minimum Gasteiger partial charge on any atom is -0.192 e. The summed E-state index contributed by atoms with van der Waals surface area (Å²) in [7, 11) is 0. The third kappa shape index (κ3) is 2.39. The molecule has 0 atom stereocenters. The molecule has 0 saturated heterocycles. The molecule has 0 aliphatic heterocycles. The Morgan fingerprint density at radius 3 is 2.20 bits per heavy atom. The molecule has 0 bridgehead atoms. The van der Waals surface area contributed by atoms with Gasteiger partial charge in [0.1, 0.15) is 0 Å². The number of benzene rings is 1. The van der Waals surface area contributed by atoms with Gasteiger partial charge in [-0.25, -0.2) is 0 Å². The molecule has 0 N–H and O–H groups in total. The van der Waals surface area contributed by atoms with Gasteiger partial charge in [0.2, 0.25) is 0 Å². The van der Waals surface area contributed by atoms with Gasteiger partial charge in [-0.15, -0.1) is 0 Å². The number of hydrogen-bond donors (Lipinski definition) is 0. The highest BCUT2D eigenvalue weighted by molar-refractivity contribution is 5.48. The highest BCUT2D eigenvalue weighted by Crippen LogP contribution is 2.30. The summed E-state index contributed by atoms with van der Waals surface area (Å²) in [5, 5.41) is 9.26. The van der Waals surface area contributed by atoms with Crippen LogP contribution in [-0.4, -0.2) is 0 Å². The van der Waals surface area contributed by atoms with E-state index in [0.717, 1.165) is 16.7 Å². The molecule has 0 aliphatic rings. The second kappa shape index (κ2) is 4.06. The van der Waals surface area contributed by atoms with Gasteiger partial charge < -0.3 is 0 Å². The summed E-state index contributed by atoms with van der Waals surface area (Å²) < 4.78 is 0. The lowest BCUT2D eigenvalue weighted by molar-refractivity contribution is 0.586. The molecule has 1 aromatic rings. The molecule has 0 fully saturated rings. The monoisotopic (exact) mass is 201 g/mol. The van der Waals surface area contributed by atoms with E-state index in [4.69, 9.17) is 0 Å². The van der Waals surface area contributed by atoms with Crippen LogP contribution in [0.25, 0.3) is 0 Å². The Bertz CT molecular complexity index is 389. The average molecular weight is 201 g/mol. The topological polar surface area (TPSA) is 23.8 Å². The average Bonchev–Trinajstić information content (AvgIpc) is 2.15. The molecular formula is C14H19N. The molecule has 0 radical (unpaired) electrons. The summed E-state index contributed by atoms with van der Waals surface area (Å²) in [4.78, 5) is 0. The van der Waals surface area contributed by atoms with Crippen LogP contribution in [0, 0.1) is 11.3 Å². The van der Waals surface area contributed by atoms with Crippen LogP contribution in [0.1, 0.15) is 57.2 Å². The Balaban J connectivity index is 3.44. The maximum atomic E-state index is 9.26. The molecule has 0 unspecified atom stereocenters. The van der Waals surface area contributed by atoms with Crippen LogP contribution in [-0.2, 0) is 5.41 Å². The largest absolute Gasteiger partial charge is 0.192 e. The Morgan fingerprint density at radius 1 is 1.20 bits per heavy atom. The van der Waals surface area contributed by atoms with Crippen molar-refractivity contribution >= 4 is 0 Å². The van der Waals surface area contributed by atoms with E-state index in [9.17, 15) is 5.26 Å². The Morgan fingerprint density at radius 2 is 1.80 bits per heavy atom. The highest BCUT2D eigenvalue weighted by atomic mass is 14.3. The van der Waals surface area contributed by atoms with Crippen molar-refractivity contribution in [3.8, 4) is 6.07 Å². The van der Waals surface area contributed by atoms with Crippen molar-refractivity contribution in [3.05, 3.63) is 34.9 Å². The van der Waals surface area contributed by atoms with Crippen LogP contribution in [0.5, 0.6) is 0 Å². The smallest absolute Gasteiger partial charge is 0.0997 e. The summed E-state index contributed by atoms with van der Waals surface area (Å²) in [5.41, 5.74) is 3.21. The zero-order valence-electron chi connectivity index (χ0n) is 10.3. The fraction of sp³-hybridized carbons (Fsp3) is 0.500. The quantitative estimate of drug-likeness (QED) is 0.674. The van der Waals surface area contributed by atoms with Crippen LogP contribution >= 0.6 is 0 Å². The summed E-state index contributed by atoms with van der Waals surface area (Å²) in [6, 6.07) is 8.52. The normalized spacial score (nSPS) is 11.5. The second-order valence-corrected chi connectivity index (χ2v) is 5.29. The molecule has 1 rings (SSSR count). The van der Waals surface area contributed by atoms with Crippen molar-refractivity contribution in [2.45, 2.75) is 46.0 Å². The van der Waals surface area contributed by atoms with Gasteiger partial charge >= 0.3 is 0 Å². The van der Waals surface area contributed by atoms with E-state index in [1.165, 1.54) is 0 Å². The minimum atomic E-state index is 0.0377. The molecule has 15 heavy (non-hydrogen) atoms. The third-order valence-corrected chi connectivity index (χ3v) is 2.64. The molecule has 1 nitrogen and oxygen atoms in total. The summed E-state index contributed by atoms with van der Waals surface area (Å²) in [6.45, 7) is 10.7. The molecule has 0 aliphatic carbocycles. The van der Waals surface area contributed by atoms with E-state index in [-0.39, 0.29) is 5.41 Å². The first-order valence-corrected chi connectivity index (χ1v) is 5.41. The van der Waals surface area contributed by atoms with Gasteiger partial charge in [-0.2, -0.15) is 5.26 Å². The van der Waals surface area contributed by atoms with E-state index >= 15 is 0 Å². The number of hydrogen-bond acceptors (Lipinski definition) is 1. The van der Waals surface area contributed by atoms with Crippen LogP contribution in [0.3, 0.4) is 0 Å². The maximum absolute atomic E-state index is 9.26. The van der Waals surface area contributed by atoms with Crippen LogP contribution in [0.2, 0.25) is 0 Å². The standard InChI is InChI=1S/C14H19N/c1-10(2)11-7-6-8-13(12(11)9-15)14(3,4)5/h6-8,10H,1-5H3. The lowest BCUT2D eigenvalue weighted by atomic mass is 9.81. The van der Waals surface area contributed by atoms with Crippen molar-refractivity contribution in [3.63, 3.8) is 0 Å². The molecular weight excluding hydrogens is 182 g/mol. The summed E-state index contributed by atoms with van der Waals surface area (Å²) in [6.07, 6.45) is 0. The summed E-state index contributed by atoms with van der Waals surface area (Å²) >= 11 is 0. The summed E-state index contributed by atoms with van der Waals surface area (Å²) in [5.74, 6) is 0.405. The predicted molar refractivity (Wildman–Crippen MR) is 63.9 cm³/mol. The molecule has 0 aromatic heterocycles. The van der Waals surface area contributed by atoms with E-state index in [1.54, 1.807) is 0 Å². The maximum Gasteiger partial charge on any atom is 0.0997 e. The zero-order valence-corrected chi connectivity index (χ0v) is 10.3. The molecule has 0 saturated carbocycles. The van der Waals surface area contributed by atoms with Crippen molar-refractivity contribution < 1.29 is 0 Å². The van der Waals surface area contributed by atoms with Crippen molar-refractivity contribution in [2.75, 3.05) is 0 Å². The van der Waals surface area contributed by atoms with Gasteiger partial charge in [0, 0.05) is 0 Å². The fourth-order valence-corrected chi connectivity index (χ4v) is 1.80. The molecule has 80 valence electrons. The zero-order chi connectivity index (χ0) is 11.6. The fourth-order valence-electron chi connectivity index (χ4n) is 1.80. The van der Waals surface area contributed by atoms with Crippen LogP contribution < -0.4 is 0 Å². The number of rotatable bonds is 1. The van der Waals surface area contributed by atoms with Gasteiger partial charge in [-0.3, -0.25) is 0 Å². The SMILES string of the molecule is CC(C)c1cccc(C(C)(C)C)c1C#N. The molecule has 1 heteroatoms. The molecule has 0 amide bonds. The third-order valence-electron chi connectivity index (χ3n) is 2.64. The first-order valence-electron chi connectivity index (χ1n) is 5.41. The van der Waals surface area contributed by atoms with E-state index < -0.39 is 0 Å². The molecule has 0 spiro atoms. The Kier molecular flexibility index (Phi) is 3.19. The van der Waals surface area contributed by atoms with Gasteiger partial charge in [0.15, 0.2) is 0 Å². The van der Waals surface area contributed by atoms with Crippen LogP contribution in [0.15, 0.2) is 18.2 Å². The van der Waals surface area contributed by atoms with E-state index in [0.29, 0.717) is 5.92 Å². The Labute approximate surface area is 92.7 Å². The van der Waals surface area contributed by atoms with Crippen LogP contribution in [0.4, 0.5) is 0 Å². The molecule has 1 aromatic carbocycles. The highest BCUT2D eigenvalue weighted by Gasteiger charge is 2.20. The lowest BCUT2D eigenvalue weighted by Crippen LogP contribution is -2.14. The molecule has 0 heterocycles. The first kappa shape index (κ1) is 11.8. The van der Waals surface area contributed by atoms with Crippen molar-refractivity contribution in [1.29, 1.82) is 5.26 Å². The minimum absolute atomic E-state index is 0.0377. The van der Waals surface area contributed by atoms with Gasteiger partial charge in [-0.1, -0.05) is 52.8 Å². The number of nitrogens with zero attached hydrogens (tertiary/aromatic N) is 1. The van der Waals surface area contributed by atoms with Gasteiger partial charge in [-0.05, 0) is 22.5 Å². The second-order valence-electron chi connectivity index (χ2n) is 5.29. The van der Waals surface area contributed by atoms with E-state index in [1.807, 2.05) is 0 Å². The first-order chi connectivity index (χ1) is 6.88. The van der Waals surface area contributed by atoms with Gasteiger partial charge in [0.05, 0.1) is 11.6 Å². The van der Waals surface area contributed by atoms with Crippen molar-refractivity contribution in [1.82, 2.24) is 0 Å². The Hall–Kier alpha value is -1.29. The van der Waals surface area contributed by atoms with E-state index in [2.05, 4.69) is 58.9 Å². The van der Waals surface area contributed by atoms with Gasteiger partial charge in [0.25, 0.3) is 0 Å². The lowest BCUT2D eigenvalue weighted by Gasteiger charge is -2.22. The predicted octanol–water partition coefficient (Wildman–Crippen LogP) is 3.98.